The predicted octanol–water partition coefficient (Wildman–Crippen LogP) is 3.19. The molecule has 1 aliphatic heterocycles. The van der Waals surface area contributed by atoms with Crippen LogP contribution in [-0.2, 0) is 13.0 Å². The van der Waals surface area contributed by atoms with Gasteiger partial charge in [0.05, 0.1) is 6.54 Å². The van der Waals surface area contributed by atoms with Crippen molar-refractivity contribution in [2.75, 3.05) is 19.9 Å². The molecule has 2 heterocycles. The molecule has 0 unspecified atom stereocenters. The van der Waals surface area contributed by atoms with Gasteiger partial charge in [-0.3, -0.25) is 0 Å². The highest BCUT2D eigenvalue weighted by Gasteiger charge is 2.13. The number of nitrogens with zero attached hydrogens (tertiary/aromatic N) is 1. The number of hydrogen-bond donors (Lipinski definition) is 3. The summed E-state index contributed by atoms with van der Waals surface area (Å²) in [6.07, 6.45) is 3.02. The largest absolute Gasteiger partial charge is 0.454 e. The van der Waals surface area contributed by atoms with Crippen molar-refractivity contribution in [3.63, 3.8) is 0 Å². The highest BCUT2D eigenvalue weighted by molar-refractivity contribution is 5.83. The number of fused-ring (bicyclic) bond motifs is 2. The van der Waals surface area contributed by atoms with Gasteiger partial charge in [0.1, 0.15) is 0 Å². The van der Waals surface area contributed by atoms with Crippen LogP contribution in [0.25, 0.3) is 10.9 Å². The molecule has 0 spiro atoms. The molecular formula is C21H24N4O2. The van der Waals surface area contributed by atoms with Gasteiger partial charge in [-0.1, -0.05) is 24.3 Å². The number of benzene rings is 2. The molecule has 6 nitrogen and oxygen atoms in total. The fourth-order valence-corrected chi connectivity index (χ4v) is 3.21. The first kappa shape index (κ1) is 17.3. The molecule has 0 atom stereocenters. The van der Waals surface area contributed by atoms with Crippen molar-refractivity contribution in [2.45, 2.75) is 19.9 Å². The lowest BCUT2D eigenvalue weighted by atomic mass is 10.1. The number of aromatic nitrogens is 1. The topological polar surface area (TPSA) is 70.7 Å². The van der Waals surface area contributed by atoms with E-state index in [-0.39, 0.29) is 0 Å². The Balaban J connectivity index is 1.36. The second-order valence-corrected chi connectivity index (χ2v) is 6.42. The molecule has 0 aliphatic carbocycles. The third-order valence-electron chi connectivity index (χ3n) is 4.56. The number of rotatable bonds is 6. The predicted molar refractivity (Wildman–Crippen MR) is 107 cm³/mol. The van der Waals surface area contributed by atoms with Gasteiger partial charge in [0.15, 0.2) is 17.5 Å². The summed E-state index contributed by atoms with van der Waals surface area (Å²) < 4.78 is 10.8. The van der Waals surface area contributed by atoms with Crippen LogP contribution in [0.15, 0.2) is 53.7 Å². The van der Waals surface area contributed by atoms with E-state index in [1.165, 1.54) is 16.5 Å². The van der Waals surface area contributed by atoms with Crippen molar-refractivity contribution in [1.29, 1.82) is 0 Å². The zero-order valence-corrected chi connectivity index (χ0v) is 15.4. The van der Waals surface area contributed by atoms with E-state index in [2.05, 4.69) is 51.9 Å². The lowest BCUT2D eigenvalue weighted by Crippen LogP contribution is -2.38. The zero-order chi connectivity index (χ0) is 18.5. The Bertz CT molecular complexity index is 948. The first-order chi connectivity index (χ1) is 13.3. The maximum absolute atomic E-state index is 5.43. The molecule has 0 saturated heterocycles. The van der Waals surface area contributed by atoms with Crippen LogP contribution in [0.1, 0.15) is 18.1 Å². The van der Waals surface area contributed by atoms with Crippen molar-refractivity contribution in [1.82, 2.24) is 15.6 Å². The average Bonchev–Trinajstić information content (AvgIpc) is 3.32. The van der Waals surface area contributed by atoms with Crippen molar-refractivity contribution >= 4 is 16.9 Å². The first-order valence-electron chi connectivity index (χ1n) is 9.29. The Morgan fingerprint density at radius 3 is 2.93 bits per heavy atom. The number of H-pyrrole nitrogens is 1. The van der Waals surface area contributed by atoms with Crippen LogP contribution < -0.4 is 20.1 Å². The number of guanidine groups is 1. The summed E-state index contributed by atoms with van der Waals surface area (Å²) in [6, 6.07) is 14.3. The number of aliphatic imine (C=N–C) groups is 1. The van der Waals surface area contributed by atoms with E-state index < -0.39 is 0 Å². The molecule has 4 rings (SSSR count). The van der Waals surface area contributed by atoms with E-state index in [1.54, 1.807) is 0 Å². The molecule has 0 bridgehead atoms. The molecule has 0 fully saturated rings. The fourth-order valence-electron chi connectivity index (χ4n) is 3.21. The van der Waals surface area contributed by atoms with E-state index in [0.717, 1.165) is 42.5 Å². The molecule has 1 aliphatic rings. The van der Waals surface area contributed by atoms with Gasteiger partial charge in [0.25, 0.3) is 0 Å². The number of hydrogen-bond acceptors (Lipinski definition) is 3. The number of para-hydroxylation sites is 1. The lowest BCUT2D eigenvalue weighted by Gasteiger charge is -2.11. The van der Waals surface area contributed by atoms with Gasteiger partial charge in [0, 0.05) is 30.2 Å². The maximum atomic E-state index is 5.43. The van der Waals surface area contributed by atoms with Gasteiger partial charge >= 0.3 is 0 Å². The summed E-state index contributed by atoms with van der Waals surface area (Å²) in [6.45, 7) is 4.57. The van der Waals surface area contributed by atoms with Crippen LogP contribution in [0.5, 0.6) is 11.5 Å². The highest BCUT2D eigenvalue weighted by Crippen LogP contribution is 2.32. The monoisotopic (exact) mass is 364 g/mol. The van der Waals surface area contributed by atoms with E-state index in [4.69, 9.17) is 9.47 Å². The molecule has 0 amide bonds. The zero-order valence-electron chi connectivity index (χ0n) is 15.4. The molecule has 3 aromatic rings. The Hall–Kier alpha value is -3.15. The Labute approximate surface area is 158 Å². The van der Waals surface area contributed by atoms with Crippen LogP contribution in [-0.4, -0.2) is 30.8 Å². The summed E-state index contributed by atoms with van der Waals surface area (Å²) in [4.78, 5) is 8.00. The van der Waals surface area contributed by atoms with Crippen molar-refractivity contribution in [2.24, 2.45) is 4.99 Å². The molecule has 3 N–H and O–H groups in total. The third kappa shape index (κ3) is 4.00. The molecule has 1 aromatic heterocycles. The maximum Gasteiger partial charge on any atom is 0.231 e. The quantitative estimate of drug-likeness (QED) is 0.464. The SMILES string of the molecule is CCNC(=NCc1ccc2c(c1)OCO2)NCCc1c[nH]c2ccccc12. The summed E-state index contributed by atoms with van der Waals surface area (Å²) in [7, 11) is 0. The van der Waals surface area contributed by atoms with Crippen molar-refractivity contribution < 1.29 is 9.47 Å². The van der Waals surface area contributed by atoms with E-state index in [0.29, 0.717) is 13.3 Å². The van der Waals surface area contributed by atoms with Crippen LogP contribution in [0.2, 0.25) is 0 Å². The average molecular weight is 364 g/mol. The standard InChI is InChI=1S/C21H24N4O2/c1-2-22-21(25-12-15-7-8-19-20(11-15)27-14-26-19)23-10-9-16-13-24-18-6-4-3-5-17(16)18/h3-8,11,13,24H,2,9-10,12,14H2,1H3,(H2,22,23,25). The first-order valence-corrected chi connectivity index (χ1v) is 9.29. The summed E-state index contributed by atoms with van der Waals surface area (Å²) >= 11 is 0. The molecular weight excluding hydrogens is 340 g/mol. The number of ether oxygens (including phenoxy) is 2. The van der Waals surface area contributed by atoms with Crippen molar-refractivity contribution in [3.05, 3.63) is 59.8 Å². The summed E-state index contributed by atoms with van der Waals surface area (Å²) in [5, 5.41) is 7.99. The Kier molecular flexibility index (Phi) is 5.14. The minimum absolute atomic E-state index is 0.292. The molecule has 2 aromatic carbocycles. The molecule has 27 heavy (non-hydrogen) atoms. The second kappa shape index (κ2) is 8.03. The Morgan fingerprint density at radius 1 is 1.11 bits per heavy atom. The van der Waals surface area contributed by atoms with Gasteiger partial charge in [-0.05, 0) is 42.7 Å². The van der Waals surface area contributed by atoms with Gasteiger partial charge in [0.2, 0.25) is 6.79 Å². The lowest BCUT2D eigenvalue weighted by molar-refractivity contribution is 0.174. The smallest absolute Gasteiger partial charge is 0.231 e. The van der Waals surface area contributed by atoms with Gasteiger partial charge in [-0.25, -0.2) is 4.99 Å². The Morgan fingerprint density at radius 2 is 2.00 bits per heavy atom. The van der Waals surface area contributed by atoms with Gasteiger partial charge in [-0.15, -0.1) is 0 Å². The second-order valence-electron chi connectivity index (χ2n) is 6.42. The van der Waals surface area contributed by atoms with Crippen LogP contribution in [0.4, 0.5) is 0 Å². The fraction of sp³-hybridized carbons (Fsp3) is 0.286. The van der Waals surface area contributed by atoms with Crippen LogP contribution >= 0.6 is 0 Å². The molecule has 0 saturated carbocycles. The number of aromatic amines is 1. The summed E-state index contributed by atoms with van der Waals surface area (Å²) in [5.41, 5.74) is 3.58. The minimum atomic E-state index is 0.292. The van der Waals surface area contributed by atoms with Crippen molar-refractivity contribution in [3.8, 4) is 11.5 Å². The van der Waals surface area contributed by atoms with E-state index in [1.807, 2.05) is 24.3 Å². The molecule has 6 heteroatoms. The molecule has 140 valence electrons. The van der Waals surface area contributed by atoms with Gasteiger partial charge in [-0.2, -0.15) is 0 Å². The minimum Gasteiger partial charge on any atom is -0.454 e. The van der Waals surface area contributed by atoms with Crippen LogP contribution in [0.3, 0.4) is 0 Å². The van der Waals surface area contributed by atoms with Crippen LogP contribution in [0, 0.1) is 0 Å². The van der Waals surface area contributed by atoms with E-state index in [9.17, 15) is 0 Å². The normalized spacial score (nSPS) is 13.1. The number of nitrogens with one attached hydrogen (secondary N) is 3. The third-order valence-corrected chi connectivity index (χ3v) is 4.56. The highest BCUT2D eigenvalue weighted by atomic mass is 16.7. The summed E-state index contributed by atoms with van der Waals surface area (Å²) in [5.74, 6) is 2.40. The van der Waals surface area contributed by atoms with E-state index >= 15 is 0 Å². The molecule has 0 radical (unpaired) electrons. The van der Waals surface area contributed by atoms with Gasteiger partial charge < -0.3 is 25.1 Å².